The minimum Gasteiger partial charge on any atom is -0.309 e. The first-order chi connectivity index (χ1) is 25.7. The summed E-state index contributed by atoms with van der Waals surface area (Å²) in [6, 6.07) is 66.0. The molecule has 0 fully saturated rings. The molecule has 10 rings (SSSR count). The Morgan fingerprint density at radius 1 is 0.404 bits per heavy atom. The monoisotopic (exact) mass is 662 g/mol. The van der Waals surface area contributed by atoms with Crippen LogP contribution in [0.5, 0.6) is 0 Å². The van der Waals surface area contributed by atoms with Crippen LogP contribution in [0.2, 0.25) is 0 Å². The minimum absolute atomic E-state index is 0.613. The van der Waals surface area contributed by atoms with Crippen LogP contribution < -0.4 is 0 Å². The van der Waals surface area contributed by atoms with E-state index in [1.165, 1.54) is 43.6 Å². The lowest BCUT2D eigenvalue weighted by Gasteiger charge is -2.13. The van der Waals surface area contributed by atoms with Gasteiger partial charge in [-0.3, -0.25) is 0 Å². The molecule has 242 valence electrons. The third-order valence-electron chi connectivity index (χ3n) is 10.1. The van der Waals surface area contributed by atoms with Gasteiger partial charge < -0.3 is 9.13 Å². The number of pyridine rings is 1. The molecular weight excluding hydrogens is 633 g/mol. The van der Waals surface area contributed by atoms with Crippen molar-refractivity contribution in [2.75, 3.05) is 0 Å². The molecule has 0 amide bonds. The average molecular weight is 663 g/mol. The third-order valence-corrected chi connectivity index (χ3v) is 10.1. The molecule has 7 aromatic carbocycles. The molecule has 0 saturated carbocycles. The summed E-state index contributed by atoms with van der Waals surface area (Å²) in [4.78, 5) is 5.06. The van der Waals surface area contributed by atoms with Crippen LogP contribution in [-0.4, -0.2) is 14.1 Å². The number of nitriles is 1. The molecule has 0 atom stereocenters. The maximum Gasteiger partial charge on any atom is 0.0991 e. The number of nitrogens with zero attached hydrogens (tertiary/aromatic N) is 4. The quantitative estimate of drug-likeness (QED) is 0.184. The van der Waals surface area contributed by atoms with E-state index in [-0.39, 0.29) is 0 Å². The van der Waals surface area contributed by atoms with Gasteiger partial charge >= 0.3 is 0 Å². The zero-order valence-electron chi connectivity index (χ0n) is 28.1. The lowest BCUT2D eigenvalue weighted by atomic mass is 9.99. The van der Waals surface area contributed by atoms with Gasteiger partial charge in [0.25, 0.3) is 0 Å². The topological polar surface area (TPSA) is 46.5 Å². The lowest BCUT2D eigenvalue weighted by molar-refractivity contribution is 1.17. The highest BCUT2D eigenvalue weighted by Crippen LogP contribution is 2.42. The van der Waals surface area contributed by atoms with Crippen LogP contribution in [0.1, 0.15) is 5.56 Å². The fraction of sp³-hybridized carbons (Fsp3) is 0. The molecule has 0 spiro atoms. The van der Waals surface area contributed by atoms with E-state index in [1.54, 1.807) is 0 Å². The van der Waals surface area contributed by atoms with E-state index >= 15 is 0 Å². The van der Waals surface area contributed by atoms with Crippen LogP contribution in [0.15, 0.2) is 182 Å². The largest absolute Gasteiger partial charge is 0.309 e. The Balaban J connectivity index is 1.19. The Morgan fingerprint density at radius 2 is 1.02 bits per heavy atom. The summed E-state index contributed by atoms with van der Waals surface area (Å²) in [6.45, 7) is 0. The van der Waals surface area contributed by atoms with Crippen molar-refractivity contribution in [3.05, 3.63) is 188 Å². The zero-order chi connectivity index (χ0) is 34.6. The van der Waals surface area contributed by atoms with Crippen LogP contribution in [-0.2, 0) is 0 Å². The molecular formula is C48H30N4. The van der Waals surface area contributed by atoms with Gasteiger partial charge in [-0.1, -0.05) is 115 Å². The van der Waals surface area contributed by atoms with Gasteiger partial charge in [-0.15, -0.1) is 0 Å². The van der Waals surface area contributed by atoms with Gasteiger partial charge in [0.15, 0.2) is 0 Å². The summed E-state index contributed by atoms with van der Waals surface area (Å²) in [7, 11) is 0. The highest BCUT2D eigenvalue weighted by Gasteiger charge is 2.20. The fourth-order valence-electron chi connectivity index (χ4n) is 7.78. The Hall–Kier alpha value is -7.22. The van der Waals surface area contributed by atoms with Crippen LogP contribution in [0.25, 0.3) is 88.6 Å². The number of hydrogen-bond acceptors (Lipinski definition) is 2. The second-order valence-corrected chi connectivity index (χ2v) is 13.1. The van der Waals surface area contributed by atoms with E-state index in [9.17, 15) is 5.26 Å². The smallest absolute Gasteiger partial charge is 0.0991 e. The summed E-state index contributed by atoms with van der Waals surface area (Å²) >= 11 is 0. The highest BCUT2D eigenvalue weighted by atomic mass is 15.0. The van der Waals surface area contributed by atoms with E-state index < -0.39 is 0 Å². The lowest BCUT2D eigenvalue weighted by Crippen LogP contribution is -1.96. The van der Waals surface area contributed by atoms with Gasteiger partial charge in [-0.2, -0.15) is 5.26 Å². The molecule has 0 aliphatic heterocycles. The van der Waals surface area contributed by atoms with Crippen LogP contribution in [0.3, 0.4) is 0 Å². The highest BCUT2D eigenvalue weighted by molar-refractivity contribution is 6.26. The SMILES string of the molecule is N#Cc1cccc(-c2cc(-c3ccc(-n4c5ccccc5c5ccc6c(c7ccccc7n6-c6ccccc6)c54)cc3)cc(-c3ccccc3)n2)c1. The second kappa shape index (κ2) is 12.0. The molecule has 10 aromatic rings. The molecule has 0 aliphatic carbocycles. The van der Waals surface area contributed by atoms with Gasteiger partial charge in [0.2, 0.25) is 0 Å². The fourth-order valence-corrected chi connectivity index (χ4v) is 7.78. The van der Waals surface area contributed by atoms with Crippen molar-refractivity contribution < 1.29 is 0 Å². The first kappa shape index (κ1) is 29.7. The van der Waals surface area contributed by atoms with Crippen LogP contribution in [0, 0.1) is 11.3 Å². The Kier molecular flexibility index (Phi) is 6.84. The van der Waals surface area contributed by atoms with Gasteiger partial charge in [-0.05, 0) is 77.9 Å². The number of fused-ring (bicyclic) bond motifs is 7. The molecule has 0 bridgehead atoms. The van der Waals surface area contributed by atoms with E-state index in [0.29, 0.717) is 5.56 Å². The summed E-state index contributed by atoms with van der Waals surface area (Å²) in [5.74, 6) is 0. The standard InChI is InChI=1S/C48H30N4/c49-31-32-12-11-15-35(28-32)43-30-36(29-42(50-43)34-13-3-1-4-14-34)33-22-24-38(25-23-33)52-44-20-9-7-18-39(44)40-26-27-46-47(48(40)52)41-19-8-10-21-45(41)51(46)37-16-5-2-6-17-37/h1-30H. The van der Waals surface area contributed by atoms with E-state index in [1.807, 2.05) is 42.5 Å². The molecule has 4 heteroatoms. The molecule has 0 saturated heterocycles. The first-order valence-corrected chi connectivity index (χ1v) is 17.4. The van der Waals surface area contributed by atoms with Crippen molar-refractivity contribution in [3.63, 3.8) is 0 Å². The molecule has 3 heterocycles. The predicted molar refractivity (Wildman–Crippen MR) is 214 cm³/mol. The number of rotatable bonds is 5. The molecule has 3 aromatic heterocycles. The van der Waals surface area contributed by atoms with E-state index in [2.05, 4.69) is 155 Å². The first-order valence-electron chi connectivity index (χ1n) is 17.4. The zero-order valence-corrected chi connectivity index (χ0v) is 28.1. The molecule has 0 N–H and O–H groups in total. The van der Waals surface area contributed by atoms with Crippen LogP contribution >= 0.6 is 0 Å². The van der Waals surface area contributed by atoms with Gasteiger partial charge in [0, 0.05) is 44.0 Å². The molecule has 0 radical (unpaired) electrons. The molecule has 4 nitrogen and oxygen atoms in total. The van der Waals surface area contributed by atoms with Gasteiger partial charge in [0.05, 0.1) is 45.1 Å². The van der Waals surface area contributed by atoms with Gasteiger partial charge in [-0.25, -0.2) is 4.98 Å². The normalized spacial score (nSPS) is 11.4. The van der Waals surface area contributed by atoms with Crippen molar-refractivity contribution >= 4 is 43.6 Å². The Bertz CT molecular complexity index is 3000. The summed E-state index contributed by atoms with van der Waals surface area (Å²) in [5, 5.41) is 14.5. The number of benzene rings is 7. The second-order valence-electron chi connectivity index (χ2n) is 13.1. The van der Waals surface area contributed by atoms with Crippen molar-refractivity contribution in [1.29, 1.82) is 5.26 Å². The van der Waals surface area contributed by atoms with E-state index in [0.717, 1.165) is 45.0 Å². The van der Waals surface area contributed by atoms with Crippen molar-refractivity contribution in [1.82, 2.24) is 14.1 Å². The number of hydrogen-bond donors (Lipinski definition) is 0. The maximum absolute atomic E-state index is 9.60. The number of para-hydroxylation sites is 3. The van der Waals surface area contributed by atoms with Crippen molar-refractivity contribution in [2.45, 2.75) is 0 Å². The summed E-state index contributed by atoms with van der Waals surface area (Å²) < 4.78 is 4.81. The Morgan fingerprint density at radius 3 is 1.77 bits per heavy atom. The van der Waals surface area contributed by atoms with Crippen LogP contribution in [0.4, 0.5) is 0 Å². The van der Waals surface area contributed by atoms with Crippen molar-refractivity contribution in [3.8, 4) is 51.1 Å². The molecule has 0 aliphatic rings. The van der Waals surface area contributed by atoms with Gasteiger partial charge in [0.1, 0.15) is 0 Å². The number of aromatic nitrogens is 3. The average Bonchev–Trinajstić information content (AvgIpc) is 3.74. The molecule has 52 heavy (non-hydrogen) atoms. The van der Waals surface area contributed by atoms with E-state index in [4.69, 9.17) is 4.98 Å². The summed E-state index contributed by atoms with van der Waals surface area (Å²) in [6.07, 6.45) is 0. The minimum atomic E-state index is 0.613. The predicted octanol–water partition coefficient (Wildman–Crippen LogP) is 12.1. The Labute approximate surface area is 300 Å². The summed E-state index contributed by atoms with van der Waals surface area (Å²) in [5.41, 5.74) is 13.4. The maximum atomic E-state index is 9.60. The third kappa shape index (κ3) is 4.72. The molecule has 0 unspecified atom stereocenters. The van der Waals surface area contributed by atoms with Crippen molar-refractivity contribution in [2.24, 2.45) is 0 Å².